The molecule has 82 valence electrons. The van der Waals surface area contributed by atoms with Gasteiger partial charge in [-0.05, 0) is 37.0 Å². The Morgan fingerprint density at radius 1 is 1.14 bits per heavy atom. The van der Waals surface area contributed by atoms with Crippen LogP contribution in [0.15, 0.2) is 0 Å². The molecule has 0 amide bonds. The maximum atomic E-state index is 10.0. The van der Waals surface area contributed by atoms with Gasteiger partial charge in [-0.1, -0.05) is 39.0 Å². The van der Waals surface area contributed by atoms with E-state index < -0.39 is 0 Å². The lowest BCUT2D eigenvalue weighted by atomic mass is 10.0. The molecule has 2 fully saturated rings. The lowest BCUT2D eigenvalue weighted by molar-refractivity contribution is 0.127. The summed E-state index contributed by atoms with van der Waals surface area (Å²) in [6.45, 7) is 2.23. The number of aliphatic hydroxyl groups is 1. The van der Waals surface area contributed by atoms with Crippen LogP contribution in [0.2, 0.25) is 0 Å². The van der Waals surface area contributed by atoms with E-state index in [4.69, 9.17) is 0 Å². The van der Waals surface area contributed by atoms with Crippen molar-refractivity contribution in [2.45, 2.75) is 64.4 Å². The molecule has 2 aliphatic rings. The van der Waals surface area contributed by atoms with Crippen molar-refractivity contribution in [3.63, 3.8) is 0 Å². The second-order valence-corrected chi connectivity index (χ2v) is 5.25. The quantitative estimate of drug-likeness (QED) is 0.668. The van der Waals surface area contributed by atoms with Crippen LogP contribution in [-0.4, -0.2) is 11.2 Å². The van der Waals surface area contributed by atoms with Gasteiger partial charge in [0.25, 0.3) is 0 Å². The Labute approximate surface area is 87.9 Å². The van der Waals surface area contributed by atoms with Crippen molar-refractivity contribution < 1.29 is 5.11 Å². The maximum Gasteiger partial charge on any atom is 0.0573 e. The van der Waals surface area contributed by atoms with Gasteiger partial charge in [0.1, 0.15) is 0 Å². The average Bonchev–Trinajstić information content (AvgIpc) is 2.92. The molecule has 1 heteroatoms. The molecule has 14 heavy (non-hydrogen) atoms. The van der Waals surface area contributed by atoms with Gasteiger partial charge >= 0.3 is 0 Å². The highest BCUT2D eigenvalue weighted by molar-refractivity contribution is 5.02. The third-order valence-electron chi connectivity index (χ3n) is 4.27. The molecule has 3 unspecified atom stereocenters. The van der Waals surface area contributed by atoms with Crippen LogP contribution in [-0.2, 0) is 0 Å². The summed E-state index contributed by atoms with van der Waals surface area (Å²) >= 11 is 0. The molecule has 0 saturated heterocycles. The fraction of sp³-hybridized carbons (Fsp3) is 1.00. The van der Waals surface area contributed by atoms with Gasteiger partial charge in [0, 0.05) is 0 Å². The molecular weight excluding hydrogens is 172 g/mol. The smallest absolute Gasteiger partial charge is 0.0573 e. The molecule has 0 heterocycles. The first-order valence-electron chi connectivity index (χ1n) is 6.52. The molecule has 2 rings (SSSR count). The first kappa shape index (κ1) is 10.5. The predicted octanol–water partition coefficient (Wildman–Crippen LogP) is 3.36. The Morgan fingerprint density at radius 2 is 1.79 bits per heavy atom. The van der Waals surface area contributed by atoms with Crippen LogP contribution in [0.1, 0.15) is 58.3 Å². The van der Waals surface area contributed by atoms with Gasteiger partial charge < -0.3 is 5.11 Å². The summed E-state index contributed by atoms with van der Waals surface area (Å²) in [5, 5.41) is 10.0. The standard InChI is InChI=1S/C13H24O/c1-2-3-4-9-12(14)13-10-7-5-6-8-11(10)13/h10-14H,2-9H2,1H3. The van der Waals surface area contributed by atoms with Crippen LogP contribution >= 0.6 is 0 Å². The largest absolute Gasteiger partial charge is 0.393 e. The van der Waals surface area contributed by atoms with E-state index in [1.807, 2.05) is 0 Å². The molecule has 0 radical (unpaired) electrons. The van der Waals surface area contributed by atoms with E-state index in [-0.39, 0.29) is 6.10 Å². The summed E-state index contributed by atoms with van der Waals surface area (Å²) in [6, 6.07) is 0. The van der Waals surface area contributed by atoms with Gasteiger partial charge in [-0.25, -0.2) is 0 Å². The molecule has 3 atom stereocenters. The first-order valence-corrected chi connectivity index (χ1v) is 6.52. The molecule has 0 spiro atoms. The number of unbranched alkanes of at least 4 members (excludes halogenated alkanes) is 2. The Bertz CT molecular complexity index is 166. The van der Waals surface area contributed by atoms with E-state index in [0.29, 0.717) is 5.92 Å². The third kappa shape index (κ3) is 2.13. The zero-order valence-electron chi connectivity index (χ0n) is 9.41. The highest BCUT2D eigenvalue weighted by Gasteiger charge is 2.53. The van der Waals surface area contributed by atoms with Crippen LogP contribution in [0.5, 0.6) is 0 Å². The fourth-order valence-corrected chi connectivity index (χ4v) is 3.41. The van der Waals surface area contributed by atoms with Crippen molar-refractivity contribution in [3.8, 4) is 0 Å². The van der Waals surface area contributed by atoms with Crippen molar-refractivity contribution in [3.05, 3.63) is 0 Å². The summed E-state index contributed by atoms with van der Waals surface area (Å²) in [5.74, 6) is 2.54. The fourth-order valence-electron chi connectivity index (χ4n) is 3.41. The van der Waals surface area contributed by atoms with Crippen molar-refractivity contribution in [1.29, 1.82) is 0 Å². The van der Waals surface area contributed by atoms with E-state index in [1.54, 1.807) is 0 Å². The Hall–Kier alpha value is -0.0400. The third-order valence-corrected chi connectivity index (χ3v) is 4.27. The summed E-state index contributed by atoms with van der Waals surface area (Å²) in [6.07, 6.45) is 10.5. The Balaban J connectivity index is 1.69. The maximum absolute atomic E-state index is 10.0. The van der Waals surface area contributed by atoms with E-state index in [9.17, 15) is 5.11 Å². The monoisotopic (exact) mass is 196 g/mol. The second-order valence-electron chi connectivity index (χ2n) is 5.25. The molecule has 0 aromatic rings. The zero-order valence-corrected chi connectivity index (χ0v) is 9.41. The molecule has 1 N–H and O–H groups in total. The molecule has 2 saturated carbocycles. The first-order chi connectivity index (χ1) is 6.84. The number of fused-ring (bicyclic) bond motifs is 1. The van der Waals surface area contributed by atoms with Crippen molar-refractivity contribution in [1.82, 2.24) is 0 Å². The average molecular weight is 196 g/mol. The predicted molar refractivity (Wildman–Crippen MR) is 59.1 cm³/mol. The highest BCUT2D eigenvalue weighted by atomic mass is 16.3. The lowest BCUT2D eigenvalue weighted by Crippen LogP contribution is -2.11. The van der Waals surface area contributed by atoms with Crippen molar-refractivity contribution >= 4 is 0 Å². The Kier molecular flexibility index (Phi) is 3.48. The van der Waals surface area contributed by atoms with Crippen LogP contribution < -0.4 is 0 Å². The molecule has 0 bridgehead atoms. The topological polar surface area (TPSA) is 20.2 Å². The van der Waals surface area contributed by atoms with Gasteiger partial charge in [-0.15, -0.1) is 0 Å². The van der Waals surface area contributed by atoms with Gasteiger partial charge in [0.2, 0.25) is 0 Å². The second kappa shape index (κ2) is 4.65. The van der Waals surface area contributed by atoms with E-state index in [2.05, 4.69) is 6.92 Å². The number of aliphatic hydroxyl groups excluding tert-OH is 1. The van der Waals surface area contributed by atoms with Gasteiger partial charge in [0.15, 0.2) is 0 Å². The van der Waals surface area contributed by atoms with Gasteiger partial charge in [-0.2, -0.15) is 0 Å². The highest BCUT2D eigenvalue weighted by Crippen LogP contribution is 2.57. The van der Waals surface area contributed by atoms with E-state index >= 15 is 0 Å². The summed E-state index contributed by atoms with van der Waals surface area (Å²) < 4.78 is 0. The summed E-state index contributed by atoms with van der Waals surface area (Å²) in [5.41, 5.74) is 0. The molecule has 2 aliphatic carbocycles. The molecule has 0 aromatic heterocycles. The van der Waals surface area contributed by atoms with Crippen molar-refractivity contribution in [2.24, 2.45) is 17.8 Å². The van der Waals surface area contributed by atoms with Crippen LogP contribution in [0.4, 0.5) is 0 Å². The lowest BCUT2D eigenvalue weighted by Gasteiger charge is -2.09. The van der Waals surface area contributed by atoms with E-state index in [0.717, 1.165) is 18.3 Å². The van der Waals surface area contributed by atoms with Gasteiger partial charge in [0.05, 0.1) is 6.10 Å². The minimum absolute atomic E-state index is 0.0367. The Morgan fingerprint density at radius 3 is 2.36 bits per heavy atom. The number of hydrogen-bond donors (Lipinski definition) is 1. The van der Waals surface area contributed by atoms with Crippen molar-refractivity contribution in [2.75, 3.05) is 0 Å². The molecular formula is C13H24O. The zero-order chi connectivity index (χ0) is 9.97. The van der Waals surface area contributed by atoms with Crippen LogP contribution in [0, 0.1) is 17.8 Å². The van der Waals surface area contributed by atoms with Crippen LogP contribution in [0.25, 0.3) is 0 Å². The minimum Gasteiger partial charge on any atom is -0.393 e. The summed E-state index contributed by atoms with van der Waals surface area (Å²) in [4.78, 5) is 0. The molecule has 0 aromatic carbocycles. The minimum atomic E-state index is 0.0367. The number of rotatable bonds is 5. The summed E-state index contributed by atoms with van der Waals surface area (Å²) in [7, 11) is 0. The number of hydrogen-bond acceptors (Lipinski definition) is 1. The van der Waals surface area contributed by atoms with Crippen LogP contribution in [0.3, 0.4) is 0 Å². The molecule has 1 nitrogen and oxygen atoms in total. The normalized spacial score (nSPS) is 37.7. The molecule has 0 aliphatic heterocycles. The van der Waals surface area contributed by atoms with Gasteiger partial charge in [-0.3, -0.25) is 0 Å². The SMILES string of the molecule is CCCCCC(O)C1C2CCCCC21. The van der Waals surface area contributed by atoms with E-state index in [1.165, 1.54) is 44.9 Å².